The van der Waals surface area contributed by atoms with Gasteiger partial charge in [-0.3, -0.25) is 0 Å². The number of aromatic carboxylic acids is 1. The van der Waals surface area contributed by atoms with E-state index in [-0.39, 0.29) is 21.8 Å². The molecule has 0 bridgehead atoms. The van der Waals surface area contributed by atoms with E-state index in [9.17, 15) is 9.59 Å². The third kappa shape index (κ3) is 4.91. The van der Waals surface area contributed by atoms with E-state index < -0.39 is 12.0 Å². The lowest BCUT2D eigenvalue weighted by atomic mass is 10.1. The third-order valence-corrected chi connectivity index (χ3v) is 3.68. The second-order valence-corrected chi connectivity index (χ2v) is 5.92. The number of likely N-dealkylation sites (N-methyl/N-ethyl adjacent to an activating group) is 1. The van der Waals surface area contributed by atoms with Crippen molar-refractivity contribution in [3.05, 3.63) is 28.8 Å². The van der Waals surface area contributed by atoms with Gasteiger partial charge in [-0.25, -0.2) is 9.59 Å². The highest BCUT2D eigenvalue weighted by molar-refractivity contribution is 6.33. The molecule has 1 aromatic rings. The zero-order chi connectivity index (χ0) is 16.2. The maximum Gasteiger partial charge on any atom is 0.335 e. The summed E-state index contributed by atoms with van der Waals surface area (Å²) in [7, 11) is 3.85. The molecule has 0 atom stereocenters. The molecule has 0 radical (unpaired) electrons. The zero-order valence-electron chi connectivity index (χ0n) is 12.5. The van der Waals surface area contributed by atoms with E-state index in [1.165, 1.54) is 18.2 Å². The first-order valence-corrected chi connectivity index (χ1v) is 6.76. The van der Waals surface area contributed by atoms with Crippen molar-refractivity contribution in [3.63, 3.8) is 0 Å². The van der Waals surface area contributed by atoms with Crippen molar-refractivity contribution in [3.8, 4) is 0 Å². The number of carboxylic acids is 1. The van der Waals surface area contributed by atoms with E-state index in [0.29, 0.717) is 6.54 Å². The lowest BCUT2D eigenvalue weighted by molar-refractivity contribution is 0.0697. The van der Waals surface area contributed by atoms with Crippen LogP contribution in [0.4, 0.5) is 10.5 Å². The van der Waals surface area contributed by atoms with E-state index in [2.05, 4.69) is 10.6 Å². The second kappa shape index (κ2) is 6.78. The quantitative estimate of drug-likeness (QED) is 0.780. The maximum atomic E-state index is 11.9. The smallest absolute Gasteiger partial charge is 0.335 e. The van der Waals surface area contributed by atoms with Crippen LogP contribution in [0, 0.1) is 0 Å². The standard InChI is InChI=1S/C14H20ClN3O3/c1-14(2,18(3)4)8-16-13(21)17-11-7-9(12(19)20)5-6-10(11)15/h5-7H,8H2,1-4H3,(H,19,20)(H2,16,17,21). The monoisotopic (exact) mass is 313 g/mol. The number of amides is 2. The fraction of sp³-hybridized carbons (Fsp3) is 0.429. The predicted octanol–water partition coefficient (Wildman–Crippen LogP) is 2.50. The molecule has 0 aromatic heterocycles. The zero-order valence-corrected chi connectivity index (χ0v) is 13.3. The Hall–Kier alpha value is -1.79. The molecule has 1 aromatic carbocycles. The fourth-order valence-corrected chi connectivity index (χ4v) is 1.54. The lowest BCUT2D eigenvalue weighted by Gasteiger charge is -2.32. The molecular formula is C14H20ClN3O3. The molecule has 0 spiro atoms. The van der Waals surface area contributed by atoms with Gasteiger partial charge in [-0.05, 0) is 46.1 Å². The molecule has 2 amide bonds. The first-order valence-electron chi connectivity index (χ1n) is 6.38. The van der Waals surface area contributed by atoms with Crippen molar-refractivity contribution in [1.29, 1.82) is 0 Å². The van der Waals surface area contributed by atoms with E-state index in [1.54, 1.807) is 0 Å². The predicted molar refractivity (Wildman–Crippen MR) is 83.2 cm³/mol. The molecule has 3 N–H and O–H groups in total. The number of carbonyl (C=O) groups excluding carboxylic acids is 1. The molecule has 0 saturated heterocycles. The number of halogens is 1. The van der Waals surface area contributed by atoms with Crippen molar-refractivity contribution in [2.75, 3.05) is 26.0 Å². The molecular weight excluding hydrogens is 294 g/mol. The number of hydrogen-bond acceptors (Lipinski definition) is 3. The number of hydrogen-bond donors (Lipinski definition) is 3. The molecule has 7 heteroatoms. The van der Waals surface area contributed by atoms with Gasteiger partial charge < -0.3 is 20.6 Å². The number of benzene rings is 1. The van der Waals surface area contributed by atoms with Gasteiger partial charge in [0.2, 0.25) is 0 Å². The molecule has 116 valence electrons. The highest BCUT2D eigenvalue weighted by Gasteiger charge is 2.21. The SMILES string of the molecule is CN(C)C(C)(C)CNC(=O)Nc1cc(C(=O)O)ccc1Cl. The normalized spacial score (nSPS) is 11.3. The van der Waals surface area contributed by atoms with Crippen molar-refractivity contribution < 1.29 is 14.7 Å². The average molecular weight is 314 g/mol. The van der Waals surface area contributed by atoms with Gasteiger partial charge in [0, 0.05) is 12.1 Å². The van der Waals surface area contributed by atoms with Crippen LogP contribution in [-0.2, 0) is 0 Å². The van der Waals surface area contributed by atoms with E-state index >= 15 is 0 Å². The minimum Gasteiger partial charge on any atom is -0.478 e. The first kappa shape index (κ1) is 17.3. The Kier molecular flexibility index (Phi) is 5.57. The Bertz CT molecular complexity index is 544. The number of nitrogens with zero attached hydrogens (tertiary/aromatic N) is 1. The summed E-state index contributed by atoms with van der Waals surface area (Å²) in [4.78, 5) is 24.8. The summed E-state index contributed by atoms with van der Waals surface area (Å²) in [6, 6.07) is 3.70. The van der Waals surface area contributed by atoms with Crippen LogP contribution in [0.2, 0.25) is 5.02 Å². The molecule has 0 unspecified atom stereocenters. The van der Waals surface area contributed by atoms with Gasteiger partial charge in [0.25, 0.3) is 0 Å². The lowest BCUT2D eigenvalue weighted by Crippen LogP contribution is -2.49. The molecule has 0 aliphatic carbocycles. The van der Waals surface area contributed by atoms with Crippen molar-refractivity contribution in [1.82, 2.24) is 10.2 Å². The van der Waals surface area contributed by atoms with Crippen molar-refractivity contribution in [2.24, 2.45) is 0 Å². The molecule has 0 saturated carbocycles. The van der Waals surface area contributed by atoms with Gasteiger partial charge in [-0.1, -0.05) is 11.6 Å². The van der Waals surface area contributed by atoms with E-state index in [0.717, 1.165) is 0 Å². The maximum absolute atomic E-state index is 11.9. The summed E-state index contributed by atoms with van der Waals surface area (Å²) < 4.78 is 0. The number of anilines is 1. The van der Waals surface area contributed by atoms with Crippen LogP contribution in [0.15, 0.2) is 18.2 Å². The summed E-state index contributed by atoms with van der Waals surface area (Å²) in [5.41, 5.74) is 0.115. The van der Waals surface area contributed by atoms with Crippen LogP contribution in [-0.4, -0.2) is 48.2 Å². The fourth-order valence-electron chi connectivity index (χ4n) is 1.38. The van der Waals surface area contributed by atoms with Gasteiger partial charge in [0.15, 0.2) is 0 Å². The molecule has 0 aliphatic rings. The number of carboxylic acid groups (broad SMARTS) is 1. The van der Waals surface area contributed by atoms with Gasteiger partial charge in [0.05, 0.1) is 16.3 Å². The molecule has 6 nitrogen and oxygen atoms in total. The van der Waals surface area contributed by atoms with Gasteiger partial charge in [-0.15, -0.1) is 0 Å². The Morgan fingerprint density at radius 3 is 2.48 bits per heavy atom. The van der Waals surface area contributed by atoms with Crippen LogP contribution in [0.5, 0.6) is 0 Å². The number of nitrogens with one attached hydrogen (secondary N) is 2. The Morgan fingerprint density at radius 1 is 1.33 bits per heavy atom. The molecule has 1 rings (SSSR count). The van der Waals surface area contributed by atoms with Crippen LogP contribution >= 0.6 is 11.6 Å². The minimum absolute atomic E-state index is 0.0586. The van der Waals surface area contributed by atoms with Crippen LogP contribution < -0.4 is 10.6 Å². The summed E-state index contributed by atoms with van der Waals surface area (Å²) >= 11 is 5.94. The largest absolute Gasteiger partial charge is 0.478 e. The van der Waals surface area contributed by atoms with Gasteiger partial charge >= 0.3 is 12.0 Å². The Labute approximate surface area is 129 Å². The third-order valence-electron chi connectivity index (χ3n) is 3.35. The minimum atomic E-state index is -1.08. The van der Waals surface area contributed by atoms with Crippen LogP contribution in [0.3, 0.4) is 0 Å². The second-order valence-electron chi connectivity index (χ2n) is 5.51. The topological polar surface area (TPSA) is 81.7 Å². The summed E-state index contributed by atoms with van der Waals surface area (Å²) in [5.74, 6) is -1.08. The van der Waals surface area contributed by atoms with Gasteiger partial charge in [-0.2, -0.15) is 0 Å². The first-order chi connectivity index (χ1) is 9.63. The molecule has 21 heavy (non-hydrogen) atoms. The van der Waals surface area contributed by atoms with E-state index in [4.69, 9.17) is 16.7 Å². The number of rotatable bonds is 5. The summed E-state index contributed by atoms with van der Waals surface area (Å²) in [6.07, 6.45) is 0. The number of carbonyl (C=O) groups is 2. The molecule has 0 fully saturated rings. The highest BCUT2D eigenvalue weighted by atomic mass is 35.5. The van der Waals surface area contributed by atoms with E-state index in [1.807, 2.05) is 32.8 Å². The van der Waals surface area contributed by atoms with Crippen LogP contribution in [0.1, 0.15) is 24.2 Å². The summed E-state index contributed by atoms with van der Waals surface area (Å²) in [6.45, 7) is 4.42. The molecule has 0 aliphatic heterocycles. The van der Waals surface area contributed by atoms with Gasteiger partial charge in [0.1, 0.15) is 0 Å². The molecule has 0 heterocycles. The van der Waals surface area contributed by atoms with Crippen LogP contribution in [0.25, 0.3) is 0 Å². The summed E-state index contributed by atoms with van der Waals surface area (Å²) in [5, 5.41) is 14.5. The Balaban J connectivity index is 2.71. The Morgan fingerprint density at radius 2 is 1.95 bits per heavy atom. The highest BCUT2D eigenvalue weighted by Crippen LogP contribution is 2.23. The number of urea groups is 1. The van der Waals surface area contributed by atoms with Crippen molar-refractivity contribution in [2.45, 2.75) is 19.4 Å². The van der Waals surface area contributed by atoms with Crippen molar-refractivity contribution >= 4 is 29.3 Å². The average Bonchev–Trinajstić information content (AvgIpc) is 2.38.